The number of benzene rings is 2. The van der Waals surface area contributed by atoms with E-state index in [1.807, 2.05) is 0 Å². The lowest BCUT2D eigenvalue weighted by molar-refractivity contribution is -0.140. The van der Waals surface area contributed by atoms with Crippen molar-refractivity contribution >= 4 is 5.97 Å². The Morgan fingerprint density at radius 1 is 0.750 bits per heavy atom. The molecule has 4 rings (SSSR count). The minimum atomic E-state index is -1.28. The molecule has 2 aliphatic carbocycles. The Kier molecular flexibility index (Phi) is 8.54. The van der Waals surface area contributed by atoms with Gasteiger partial charge >= 0.3 is 5.97 Å². The van der Waals surface area contributed by atoms with Crippen molar-refractivity contribution in [3.8, 4) is 11.5 Å². The van der Waals surface area contributed by atoms with Crippen LogP contribution in [0.4, 0.5) is 17.6 Å². The van der Waals surface area contributed by atoms with Gasteiger partial charge in [0.2, 0.25) is 11.6 Å². The minimum absolute atomic E-state index is 0.0155. The molecule has 0 spiro atoms. The van der Waals surface area contributed by atoms with E-state index in [1.165, 1.54) is 6.07 Å². The Bertz CT molecular complexity index is 1070. The first-order chi connectivity index (χ1) is 17.3. The molecule has 36 heavy (non-hydrogen) atoms. The molecule has 0 aliphatic heterocycles. The van der Waals surface area contributed by atoms with Crippen molar-refractivity contribution in [3.63, 3.8) is 0 Å². The molecule has 2 fully saturated rings. The van der Waals surface area contributed by atoms with Crippen molar-refractivity contribution in [2.24, 2.45) is 5.92 Å². The van der Waals surface area contributed by atoms with Crippen LogP contribution in [0, 0.1) is 29.2 Å². The third-order valence-electron chi connectivity index (χ3n) is 7.61. The maximum Gasteiger partial charge on any atom is 0.314 e. The molecule has 0 bridgehead atoms. The zero-order valence-electron chi connectivity index (χ0n) is 20.6. The molecular weight excluding hydrogens is 476 g/mol. The van der Waals surface area contributed by atoms with E-state index in [4.69, 9.17) is 14.2 Å². The van der Waals surface area contributed by atoms with Gasteiger partial charge in [0.25, 0.3) is 0 Å². The molecule has 2 aliphatic rings. The fraction of sp³-hybridized carbons (Fsp3) is 0.536. The van der Waals surface area contributed by atoms with Gasteiger partial charge in [-0.05, 0) is 93.4 Å². The lowest BCUT2D eigenvalue weighted by atomic mass is 9.77. The number of rotatable bonds is 7. The number of hydrogen-bond acceptors (Lipinski definition) is 4. The zero-order valence-corrected chi connectivity index (χ0v) is 20.6. The minimum Gasteiger partial charge on any atom is -0.491 e. The zero-order chi connectivity index (χ0) is 25.8. The van der Waals surface area contributed by atoms with Crippen LogP contribution in [0.15, 0.2) is 24.3 Å². The summed E-state index contributed by atoms with van der Waals surface area (Å²) in [6, 6.07) is 5.76. The maximum atomic E-state index is 15.1. The van der Waals surface area contributed by atoms with E-state index >= 15 is 8.78 Å². The predicted molar refractivity (Wildman–Crippen MR) is 126 cm³/mol. The highest BCUT2D eigenvalue weighted by Gasteiger charge is 2.33. The quantitative estimate of drug-likeness (QED) is 0.226. The first-order valence-corrected chi connectivity index (χ1v) is 12.7. The van der Waals surface area contributed by atoms with E-state index in [0.717, 1.165) is 31.7 Å². The predicted octanol–water partition coefficient (Wildman–Crippen LogP) is 7.19. The van der Waals surface area contributed by atoms with Gasteiger partial charge in [-0.25, -0.2) is 8.78 Å². The SMILES string of the molecule is CCOc1ccc(OC(=O)C2CCC(c3ccc(C4CCC(OC)CC4)c(F)c3F)CC2)c(F)c1F. The van der Waals surface area contributed by atoms with Crippen molar-refractivity contribution in [1.29, 1.82) is 0 Å². The Labute approximate surface area is 208 Å². The molecule has 2 aromatic carbocycles. The third kappa shape index (κ3) is 5.53. The molecule has 0 N–H and O–H groups in total. The molecule has 0 heterocycles. The van der Waals surface area contributed by atoms with Crippen LogP contribution in [0.5, 0.6) is 11.5 Å². The van der Waals surface area contributed by atoms with Gasteiger partial charge in [-0.15, -0.1) is 0 Å². The van der Waals surface area contributed by atoms with Crippen LogP contribution in [0.1, 0.15) is 81.3 Å². The van der Waals surface area contributed by atoms with Crippen molar-refractivity contribution in [3.05, 3.63) is 58.7 Å². The molecule has 196 valence electrons. The van der Waals surface area contributed by atoms with E-state index in [9.17, 15) is 13.6 Å². The molecular formula is C28H32F4O4. The summed E-state index contributed by atoms with van der Waals surface area (Å²) in [7, 11) is 1.67. The maximum absolute atomic E-state index is 15.1. The van der Waals surface area contributed by atoms with Crippen LogP contribution in [0.25, 0.3) is 0 Å². The summed E-state index contributed by atoms with van der Waals surface area (Å²) in [5, 5.41) is 0. The van der Waals surface area contributed by atoms with Crippen LogP contribution in [-0.4, -0.2) is 25.8 Å². The number of hydrogen-bond donors (Lipinski definition) is 0. The fourth-order valence-electron chi connectivity index (χ4n) is 5.51. The highest BCUT2D eigenvalue weighted by molar-refractivity contribution is 5.75. The summed E-state index contributed by atoms with van der Waals surface area (Å²) >= 11 is 0. The second-order valence-corrected chi connectivity index (χ2v) is 9.67. The molecule has 0 atom stereocenters. The van der Waals surface area contributed by atoms with E-state index in [0.29, 0.717) is 36.8 Å². The van der Waals surface area contributed by atoms with Crippen LogP contribution < -0.4 is 9.47 Å². The van der Waals surface area contributed by atoms with Crippen molar-refractivity contribution in [2.75, 3.05) is 13.7 Å². The molecule has 0 radical (unpaired) electrons. The molecule has 0 aromatic heterocycles. The summed E-state index contributed by atoms with van der Waals surface area (Å²) in [5.74, 6) is -6.25. The number of halogens is 4. The second kappa shape index (κ2) is 11.6. The molecule has 0 amide bonds. The highest BCUT2D eigenvalue weighted by atomic mass is 19.2. The summed E-state index contributed by atoms with van der Waals surface area (Å²) in [6.45, 7) is 1.81. The Morgan fingerprint density at radius 3 is 1.78 bits per heavy atom. The number of ether oxygens (including phenoxy) is 3. The van der Waals surface area contributed by atoms with E-state index < -0.39 is 40.9 Å². The van der Waals surface area contributed by atoms with Crippen molar-refractivity contribution in [2.45, 2.75) is 76.2 Å². The molecule has 0 unspecified atom stereocenters. The number of carbonyl (C=O) groups excluding carboxylic acids is 1. The van der Waals surface area contributed by atoms with Crippen molar-refractivity contribution in [1.82, 2.24) is 0 Å². The molecule has 4 nitrogen and oxygen atoms in total. The Balaban J connectivity index is 1.37. The lowest BCUT2D eigenvalue weighted by Gasteiger charge is -2.30. The third-order valence-corrected chi connectivity index (χ3v) is 7.61. The van der Waals surface area contributed by atoms with Crippen molar-refractivity contribution < 1.29 is 36.6 Å². The monoisotopic (exact) mass is 508 g/mol. The average molecular weight is 509 g/mol. The van der Waals surface area contributed by atoms with Crippen LogP contribution in [0.2, 0.25) is 0 Å². The average Bonchev–Trinajstić information content (AvgIpc) is 2.90. The van der Waals surface area contributed by atoms with Gasteiger partial charge < -0.3 is 14.2 Å². The second-order valence-electron chi connectivity index (χ2n) is 9.67. The van der Waals surface area contributed by atoms with Gasteiger partial charge in [0, 0.05) is 7.11 Å². The molecule has 0 saturated heterocycles. The number of carbonyl (C=O) groups is 1. The first kappa shape index (κ1) is 26.5. The summed E-state index contributed by atoms with van der Waals surface area (Å²) in [6.07, 6.45) is 5.07. The highest BCUT2D eigenvalue weighted by Crippen LogP contribution is 2.41. The molecule has 2 saturated carbocycles. The summed E-state index contributed by atoms with van der Waals surface area (Å²) in [4.78, 5) is 12.6. The van der Waals surface area contributed by atoms with Gasteiger partial charge in [0.15, 0.2) is 23.1 Å². The van der Waals surface area contributed by atoms with Gasteiger partial charge in [0.1, 0.15) is 0 Å². The van der Waals surface area contributed by atoms with E-state index in [-0.39, 0.29) is 30.3 Å². The number of esters is 1. The lowest BCUT2D eigenvalue weighted by Crippen LogP contribution is -2.26. The topological polar surface area (TPSA) is 44.8 Å². The van der Waals surface area contributed by atoms with E-state index in [2.05, 4.69) is 0 Å². The Hall–Kier alpha value is -2.61. The largest absolute Gasteiger partial charge is 0.491 e. The summed E-state index contributed by atoms with van der Waals surface area (Å²) in [5.41, 5.74) is 0.751. The van der Waals surface area contributed by atoms with Crippen LogP contribution in [0.3, 0.4) is 0 Å². The van der Waals surface area contributed by atoms with Gasteiger partial charge in [-0.3, -0.25) is 4.79 Å². The van der Waals surface area contributed by atoms with Crippen LogP contribution >= 0.6 is 0 Å². The number of methoxy groups -OCH3 is 1. The van der Waals surface area contributed by atoms with Gasteiger partial charge in [-0.2, -0.15) is 8.78 Å². The smallest absolute Gasteiger partial charge is 0.314 e. The fourth-order valence-corrected chi connectivity index (χ4v) is 5.51. The van der Waals surface area contributed by atoms with Crippen LogP contribution in [-0.2, 0) is 9.53 Å². The normalized spacial score (nSPS) is 24.4. The first-order valence-electron chi connectivity index (χ1n) is 12.7. The Morgan fingerprint density at radius 2 is 1.25 bits per heavy atom. The standard InChI is InChI=1S/C28H32F4O4/c1-3-35-22-14-15-23(27(32)26(22)31)36-28(33)18-6-4-16(5-7-18)20-12-13-21(25(30)24(20)29)17-8-10-19(34-2)11-9-17/h12-19H,3-11H2,1-2H3. The van der Waals surface area contributed by atoms with Gasteiger partial charge in [0.05, 0.1) is 18.6 Å². The molecule has 8 heteroatoms. The van der Waals surface area contributed by atoms with E-state index in [1.54, 1.807) is 26.2 Å². The molecule has 2 aromatic rings. The summed E-state index contributed by atoms with van der Waals surface area (Å²) < 4.78 is 73.9. The van der Waals surface area contributed by atoms with Gasteiger partial charge in [-0.1, -0.05) is 12.1 Å².